The Kier molecular flexibility index (Phi) is 2.99. The minimum atomic E-state index is 0.261. The lowest BCUT2D eigenvalue weighted by Gasteiger charge is -2.24. The van der Waals surface area contributed by atoms with Gasteiger partial charge in [0.1, 0.15) is 5.75 Å². The second kappa shape index (κ2) is 4.24. The Labute approximate surface area is 88.6 Å². The summed E-state index contributed by atoms with van der Waals surface area (Å²) in [4.78, 5) is 1.29. The fraction of sp³-hybridized carbons (Fsp3) is 0.455. The lowest BCUT2D eigenvalue weighted by molar-refractivity contribution is 0.0973. The van der Waals surface area contributed by atoms with Crippen molar-refractivity contribution in [3.63, 3.8) is 0 Å². The molecule has 1 unspecified atom stereocenters. The van der Waals surface area contributed by atoms with E-state index in [4.69, 9.17) is 9.47 Å². The molecular formula is C11H14O2S. The molecule has 3 heteroatoms. The van der Waals surface area contributed by atoms with E-state index < -0.39 is 0 Å². The van der Waals surface area contributed by atoms with Crippen molar-refractivity contribution >= 4 is 11.8 Å². The van der Waals surface area contributed by atoms with Gasteiger partial charge < -0.3 is 9.47 Å². The van der Waals surface area contributed by atoms with Crippen LogP contribution in [-0.4, -0.2) is 20.0 Å². The highest BCUT2D eigenvalue weighted by atomic mass is 32.2. The monoisotopic (exact) mass is 210 g/mol. The van der Waals surface area contributed by atoms with Crippen molar-refractivity contribution in [2.24, 2.45) is 0 Å². The minimum Gasteiger partial charge on any atom is -0.497 e. The summed E-state index contributed by atoms with van der Waals surface area (Å²) >= 11 is 1.88. The van der Waals surface area contributed by atoms with Crippen LogP contribution >= 0.6 is 11.8 Å². The van der Waals surface area contributed by atoms with Crippen molar-refractivity contribution < 1.29 is 9.47 Å². The smallest absolute Gasteiger partial charge is 0.119 e. The molecule has 0 fully saturated rings. The number of benzene rings is 1. The third-order valence-corrected chi connectivity index (χ3v) is 3.59. The molecule has 0 bridgehead atoms. The van der Waals surface area contributed by atoms with Gasteiger partial charge in [0, 0.05) is 17.8 Å². The van der Waals surface area contributed by atoms with E-state index in [2.05, 4.69) is 12.1 Å². The number of rotatable bonds is 2. The van der Waals surface area contributed by atoms with Crippen LogP contribution in [0.3, 0.4) is 0 Å². The van der Waals surface area contributed by atoms with Crippen molar-refractivity contribution in [2.75, 3.05) is 20.0 Å². The topological polar surface area (TPSA) is 18.5 Å². The highest BCUT2D eigenvalue weighted by Crippen LogP contribution is 2.39. The molecule has 76 valence electrons. The molecule has 0 N–H and O–H groups in total. The van der Waals surface area contributed by atoms with Gasteiger partial charge in [-0.3, -0.25) is 0 Å². The zero-order chi connectivity index (χ0) is 9.97. The first-order chi connectivity index (χ1) is 6.85. The van der Waals surface area contributed by atoms with Gasteiger partial charge in [-0.1, -0.05) is 6.07 Å². The molecule has 1 aliphatic rings. The van der Waals surface area contributed by atoms with Gasteiger partial charge in [0.05, 0.1) is 13.2 Å². The second-order valence-corrected chi connectivity index (χ2v) is 4.40. The van der Waals surface area contributed by atoms with Gasteiger partial charge in [-0.05, 0) is 24.1 Å². The van der Waals surface area contributed by atoms with Crippen LogP contribution in [0.1, 0.15) is 18.1 Å². The quantitative estimate of drug-likeness (QED) is 0.747. The van der Waals surface area contributed by atoms with E-state index in [1.54, 1.807) is 14.2 Å². The first-order valence-corrected chi connectivity index (χ1v) is 5.67. The summed E-state index contributed by atoms with van der Waals surface area (Å²) in [5, 5.41) is 0. The third-order valence-electron chi connectivity index (χ3n) is 2.49. The van der Waals surface area contributed by atoms with E-state index in [0.29, 0.717) is 0 Å². The first-order valence-electron chi connectivity index (χ1n) is 4.68. The molecule has 1 aliphatic heterocycles. The standard InChI is InChI=1S/C11H14O2S/c1-12-8-3-4-9-10(13-2)5-6-14-11(9)7-8/h3-4,7,10H,5-6H2,1-2H3. The summed E-state index contributed by atoms with van der Waals surface area (Å²) in [7, 11) is 3.47. The van der Waals surface area contributed by atoms with E-state index in [9.17, 15) is 0 Å². The van der Waals surface area contributed by atoms with Crippen molar-refractivity contribution in [1.29, 1.82) is 0 Å². The van der Waals surface area contributed by atoms with Crippen molar-refractivity contribution in [3.8, 4) is 5.75 Å². The maximum Gasteiger partial charge on any atom is 0.119 e. The summed E-state index contributed by atoms with van der Waals surface area (Å²) < 4.78 is 10.6. The lowest BCUT2D eigenvalue weighted by atomic mass is 10.1. The van der Waals surface area contributed by atoms with Crippen LogP contribution in [0.2, 0.25) is 0 Å². The molecule has 1 aromatic carbocycles. The Bertz CT molecular complexity index is 325. The van der Waals surface area contributed by atoms with Crippen LogP contribution in [-0.2, 0) is 4.74 Å². The number of hydrogen-bond acceptors (Lipinski definition) is 3. The molecule has 0 aromatic heterocycles. The van der Waals surface area contributed by atoms with Crippen molar-refractivity contribution in [3.05, 3.63) is 23.8 Å². The Morgan fingerprint density at radius 1 is 1.36 bits per heavy atom. The molecule has 0 saturated heterocycles. The second-order valence-electron chi connectivity index (χ2n) is 3.27. The van der Waals surface area contributed by atoms with E-state index >= 15 is 0 Å². The predicted molar refractivity (Wildman–Crippen MR) is 58.1 cm³/mol. The number of methoxy groups -OCH3 is 2. The van der Waals surface area contributed by atoms with Gasteiger partial charge >= 0.3 is 0 Å². The normalized spacial score (nSPS) is 20.3. The summed E-state index contributed by atoms with van der Waals surface area (Å²) in [6.45, 7) is 0. The zero-order valence-corrected chi connectivity index (χ0v) is 9.26. The molecule has 0 amide bonds. The fourth-order valence-electron chi connectivity index (χ4n) is 1.71. The molecular weight excluding hydrogens is 196 g/mol. The Morgan fingerprint density at radius 2 is 2.21 bits per heavy atom. The number of thioether (sulfide) groups is 1. The van der Waals surface area contributed by atoms with Gasteiger partial charge in [-0.15, -0.1) is 11.8 Å². The zero-order valence-electron chi connectivity index (χ0n) is 8.45. The Hall–Kier alpha value is -0.670. The van der Waals surface area contributed by atoms with E-state index in [0.717, 1.165) is 17.9 Å². The van der Waals surface area contributed by atoms with Crippen LogP contribution in [0.15, 0.2) is 23.1 Å². The fourth-order valence-corrected chi connectivity index (χ4v) is 2.83. The molecule has 0 aliphatic carbocycles. The number of ether oxygens (including phenoxy) is 2. The van der Waals surface area contributed by atoms with Crippen LogP contribution in [0, 0.1) is 0 Å². The first kappa shape index (κ1) is 9.87. The summed E-state index contributed by atoms with van der Waals surface area (Å²) in [6, 6.07) is 6.19. The Morgan fingerprint density at radius 3 is 2.93 bits per heavy atom. The van der Waals surface area contributed by atoms with Gasteiger partial charge in [0.15, 0.2) is 0 Å². The summed E-state index contributed by atoms with van der Waals surface area (Å²) in [5.41, 5.74) is 1.30. The van der Waals surface area contributed by atoms with E-state index in [-0.39, 0.29) is 6.10 Å². The molecule has 2 rings (SSSR count). The lowest BCUT2D eigenvalue weighted by Crippen LogP contribution is -2.09. The molecule has 0 radical (unpaired) electrons. The maximum absolute atomic E-state index is 5.44. The van der Waals surface area contributed by atoms with Gasteiger partial charge in [-0.25, -0.2) is 0 Å². The Balaban J connectivity index is 2.35. The van der Waals surface area contributed by atoms with Crippen LogP contribution in [0.4, 0.5) is 0 Å². The van der Waals surface area contributed by atoms with Crippen LogP contribution in [0.25, 0.3) is 0 Å². The van der Waals surface area contributed by atoms with E-state index in [1.165, 1.54) is 10.5 Å². The molecule has 2 nitrogen and oxygen atoms in total. The predicted octanol–water partition coefficient (Wildman–Crippen LogP) is 2.88. The average Bonchev–Trinajstić information content (AvgIpc) is 2.27. The third kappa shape index (κ3) is 1.74. The van der Waals surface area contributed by atoms with Gasteiger partial charge in [-0.2, -0.15) is 0 Å². The number of fused-ring (bicyclic) bond motifs is 1. The number of hydrogen-bond donors (Lipinski definition) is 0. The summed E-state index contributed by atoms with van der Waals surface area (Å²) in [5.74, 6) is 2.05. The highest BCUT2D eigenvalue weighted by molar-refractivity contribution is 7.99. The molecule has 14 heavy (non-hydrogen) atoms. The largest absolute Gasteiger partial charge is 0.497 e. The van der Waals surface area contributed by atoms with Crippen LogP contribution < -0.4 is 4.74 Å². The molecule has 1 atom stereocenters. The summed E-state index contributed by atoms with van der Waals surface area (Å²) in [6.07, 6.45) is 1.36. The maximum atomic E-state index is 5.44. The SMILES string of the molecule is COc1ccc2c(c1)SCCC2OC. The highest BCUT2D eigenvalue weighted by Gasteiger charge is 2.20. The van der Waals surface area contributed by atoms with Crippen LogP contribution in [0.5, 0.6) is 5.75 Å². The molecule has 0 saturated carbocycles. The van der Waals surface area contributed by atoms with Gasteiger partial charge in [0.25, 0.3) is 0 Å². The minimum absolute atomic E-state index is 0.261. The van der Waals surface area contributed by atoms with Gasteiger partial charge in [0.2, 0.25) is 0 Å². The molecule has 0 spiro atoms. The van der Waals surface area contributed by atoms with E-state index in [1.807, 2.05) is 17.8 Å². The molecule has 1 aromatic rings. The van der Waals surface area contributed by atoms with Crippen molar-refractivity contribution in [1.82, 2.24) is 0 Å². The molecule has 1 heterocycles. The van der Waals surface area contributed by atoms with Crippen molar-refractivity contribution in [2.45, 2.75) is 17.4 Å². The average molecular weight is 210 g/mol.